The fourth-order valence-electron chi connectivity index (χ4n) is 3.11. The fraction of sp³-hybridized carbons (Fsp3) is 0.318. The zero-order valence-electron chi connectivity index (χ0n) is 16.5. The average Bonchev–Trinajstić information content (AvgIpc) is 3.02. The first-order valence-electron chi connectivity index (χ1n) is 9.32. The highest BCUT2D eigenvalue weighted by Gasteiger charge is 2.19. The number of aryl methyl sites for hydroxylation is 1. The molecule has 0 atom stereocenters. The molecule has 0 saturated carbocycles. The van der Waals surface area contributed by atoms with E-state index in [2.05, 4.69) is 34.5 Å². The third kappa shape index (κ3) is 4.46. The second-order valence-corrected chi connectivity index (χ2v) is 6.93. The Morgan fingerprint density at radius 1 is 1.18 bits per heavy atom. The number of nitrogens with one attached hydrogen (secondary N) is 1. The number of benzene rings is 2. The van der Waals surface area contributed by atoms with E-state index < -0.39 is 5.97 Å². The van der Waals surface area contributed by atoms with E-state index in [0.29, 0.717) is 23.5 Å². The molecule has 0 radical (unpaired) electrons. The summed E-state index contributed by atoms with van der Waals surface area (Å²) in [4.78, 5) is 13.3. The highest BCUT2D eigenvalue weighted by atomic mass is 16.5. The molecule has 0 aliphatic rings. The van der Waals surface area contributed by atoms with Gasteiger partial charge in [-0.25, -0.2) is 4.79 Å². The second-order valence-electron chi connectivity index (χ2n) is 6.93. The lowest BCUT2D eigenvalue weighted by atomic mass is 10.1. The number of aromatic carboxylic acids is 1. The fourth-order valence-corrected chi connectivity index (χ4v) is 3.11. The zero-order chi connectivity index (χ0) is 20.1. The van der Waals surface area contributed by atoms with Gasteiger partial charge in [0.15, 0.2) is 0 Å². The molecule has 1 heterocycles. The van der Waals surface area contributed by atoms with E-state index in [1.54, 1.807) is 13.0 Å². The number of fused-ring (bicyclic) bond motifs is 1. The van der Waals surface area contributed by atoms with Crippen LogP contribution >= 0.6 is 0 Å². The van der Waals surface area contributed by atoms with Crippen molar-refractivity contribution >= 4 is 22.6 Å². The quantitative estimate of drug-likeness (QED) is 0.544. The molecule has 1 aromatic heterocycles. The molecule has 0 bridgehead atoms. The molecule has 6 heteroatoms. The van der Waals surface area contributed by atoms with Crippen LogP contribution in [0.25, 0.3) is 11.0 Å². The Morgan fingerprint density at radius 2 is 1.93 bits per heavy atom. The molecule has 2 aromatic carbocycles. The Balaban J connectivity index is 1.48. The Bertz CT molecular complexity index is 945. The van der Waals surface area contributed by atoms with Crippen LogP contribution in [0.1, 0.15) is 28.1 Å². The molecule has 0 saturated heterocycles. The van der Waals surface area contributed by atoms with Crippen LogP contribution in [0, 0.1) is 6.92 Å². The predicted molar refractivity (Wildman–Crippen MR) is 110 cm³/mol. The van der Waals surface area contributed by atoms with Crippen molar-refractivity contribution in [2.24, 2.45) is 0 Å². The third-order valence-corrected chi connectivity index (χ3v) is 4.65. The number of rotatable bonds is 9. The molecule has 3 rings (SSSR count). The van der Waals surface area contributed by atoms with Crippen LogP contribution < -0.4 is 15.0 Å². The lowest BCUT2D eigenvalue weighted by molar-refractivity contribution is 0.0664. The van der Waals surface area contributed by atoms with Crippen LogP contribution in [0.15, 0.2) is 46.9 Å². The van der Waals surface area contributed by atoms with Gasteiger partial charge in [0.1, 0.15) is 11.3 Å². The van der Waals surface area contributed by atoms with Crippen LogP contribution in [0.3, 0.4) is 0 Å². The van der Waals surface area contributed by atoms with Crippen LogP contribution in [-0.2, 0) is 6.54 Å². The van der Waals surface area contributed by atoms with E-state index in [-0.39, 0.29) is 5.76 Å². The lowest BCUT2D eigenvalue weighted by Crippen LogP contribution is -2.17. The van der Waals surface area contributed by atoms with E-state index in [1.165, 1.54) is 11.3 Å². The van der Waals surface area contributed by atoms with Crippen molar-refractivity contribution in [3.63, 3.8) is 0 Å². The zero-order valence-corrected chi connectivity index (χ0v) is 16.5. The Hall–Kier alpha value is -2.99. The maximum absolute atomic E-state index is 11.3. The van der Waals surface area contributed by atoms with Gasteiger partial charge in [0, 0.05) is 31.9 Å². The lowest BCUT2D eigenvalue weighted by Gasteiger charge is -2.13. The summed E-state index contributed by atoms with van der Waals surface area (Å²) in [5.74, 6) is -0.444. The van der Waals surface area contributed by atoms with Crippen molar-refractivity contribution in [1.82, 2.24) is 5.32 Å². The van der Waals surface area contributed by atoms with Crippen LogP contribution in [-0.4, -0.2) is 38.3 Å². The molecule has 0 fully saturated rings. The van der Waals surface area contributed by atoms with Crippen molar-refractivity contribution < 1.29 is 19.1 Å². The van der Waals surface area contributed by atoms with Gasteiger partial charge in [0.2, 0.25) is 5.76 Å². The van der Waals surface area contributed by atoms with E-state index in [0.717, 1.165) is 24.9 Å². The second kappa shape index (κ2) is 8.80. The number of ether oxygens (including phenoxy) is 1. The summed E-state index contributed by atoms with van der Waals surface area (Å²) in [6.45, 7) is 3.92. The molecular formula is C22H26N2O4. The summed E-state index contributed by atoms with van der Waals surface area (Å²) in [5, 5.41) is 13.4. The third-order valence-electron chi connectivity index (χ3n) is 4.65. The summed E-state index contributed by atoms with van der Waals surface area (Å²) < 4.78 is 11.3. The molecule has 148 valence electrons. The van der Waals surface area contributed by atoms with Crippen LogP contribution in [0.5, 0.6) is 5.75 Å². The molecular weight excluding hydrogens is 356 g/mol. The summed E-state index contributed by atoms with van der Waals surface area (Å²) in [6, 6.07) is 13.9. The summed E-state index contributed by atoms with van der Waals surface area (Å²) in [7, 11) is 4.06. The number of hydrogen-bond donors (Lipinski definition) is 2. The van der Waals surface area contributed by atoms with Gasteiger partial charge in [-0.3, -0.25) is 0 Å². The highest BCUT2D eigenvalue weighted by molar-refractivity contribution is 5.97. The van der Waals surface area contributed by atoms with Gasteiger partial charge < -0.3 is 24.5 Å². The molecule has 6 nitrogen and oxygen atoms in total. The summed E-state index contributed by atoms with van der Waals surface area (Å²) in [5.41, 5.74) is 3.56. The Labute approximate surface area is 164 Å². The van der Waals surface area contributed by atoms with Gasteiger partial charge in [0.05, 0.1) is 12.0 Å². The van der Waals surface area contributed by atoms with Crippen molar-refractivity contribution in [2.45, 2.75) is 19.9 Å². The summed E-state index contributed by atoms with van der Waals surface area (Å²) >= 11 is 0. The van der Waals surface area contributed by atoms with E-state index in [9.17, 15) is 9.90 Å². The summed E-state index contributed by atoms with van der Waals surface area (Å²) in [6.07, 6.45) is 0.842. The number of carboxylic acid groups (broad SMARTS) is 1. The first-order valence-corrected chi connectivity index (χ1v) is 9.32. The molecule has 28 heavy (non-hydrogen) atoms. The molecule has 0 amide bonds. The molecule has 0 spiro atoms. The van der Waals surface area contributed by atoms with Gasteiger partial charge in [-0.1, -0.05) is 18.2 Å². The Morgan fingerprint density at radius 3 is 2.61 bits per heavy atom. The minimum atomic E-state index is -1.07. The van der Waals surface area contributed by atoms with Crippen LogP contribution in [0.2, 0.25) is 0 Å². The number of hydrogen-bond acceptors (Lipinski definition) is 5. The van der Waals surface area contributed by atoms with Gasteiger partial charge >= 0.3 is 5.97 Å². The molecule has 0 aliphatic carbocycles. The molecule has 2 N–H and O–H groups in total. The van der Waals surface area contributed by atoms with Crippen molar-refractivity contribution in [2.75, 3.05) is 32.1 Å². The SMILES string of the molecule is Cc1c(C(=O)O)oc2cccc(OCCCNCc3ccc(N(C)C)cc3)c12. The minimum Gasteiger partial charge on any atom is -0.493 e. The number of carbonyl (C=O) groups is 1. The number of furan rings is 1. The predicted octanol–water partition coefficient (Wildman–Crippen LogP) is 4.06. The average molecular weight is 382 g/mol. The number of carboxylic acids is 1. The van der Waals surface area contributed by atoms with Gasteiger partial charge in [-0.2, -0.15) is 0 Å². The topological polar surface area (TPSA) is 74.9 Å². The normalized spacial score (nSPS) is 11.0. The van der Waals surface area contributed by atoms with E-state index in [4.69, 9.17) is 9.15 Å². The minimum absolute atomic E-state index is 0.0343. The van der Waals surface area contributed by atoms with Crippen molar-refractivity contribution in [3.05, 3.63) is 59.4 Å². The maximum atomic E-state index is 11.3. The van der Waals surface area contributed by atoms with Gasteiger partial charge in [-0.15, -0.1) is 0 Å². The van der Waals surface area contributed by atoms with Crippen LogP contribution in [0.4, 0.5) is 5.69 Å². The molecule has 0 aliphatic heterocycles. The Kier molecular flexibility index (Phi) is 6.21. The number of anilines is 1. The monoisotopic (exact) mass is 382 g/mol. The van der Waals surface area contributed by atoms with E-state index >= 15 is 0 Å². The smallest absolute Gasteiger partial charge is 0.372 e. The van der Waals surface area contributed by atoms with E-state index in [1.807, 2.05) is 26.2 Å². The van der Waals surface area contributed by atoms with Crippen molar-refractivity contribution in [3.8, 4) is 5.75 Å². The standard InChI is InChI=1S/C22H26N2O4/c1-15-20-18(6-4-7-19(20)28-21(15)22(25)26)27-13-5-12-23-14-16-8-10-17(11-9-16)24(2)3/h4,6-11,23H,5,12-14H2,1-3H3,(H,25,26). The molecule has 3 aromatic rings. The van der Waals surface area contributed by atoms with Gasteiger partial charge in [-0.05, 0) is 49.7 Å². The van der Waals surface area contributed by atoms with Crippen molar-refractivity contribution in [1.29, 1.82) is 0 Å². The molecule has 0 unspecified atom stereocenters. The first kappa shape index (κ1) is 19.8. The highest BCUT2D eigenvalue weighted by Crippen LogP contribution is 2.33. The number of nitrogens with zero attached hydrogens (tertiary/aromatic N) is 1. The largest absolute Gasteiger partial charge is 0.493 e. The first-order chi connectivity index (χ1) is 13.5. The maximum Gasteiger partial charge on any atom is 0.372 e. The van der Waals surface area contributed by atoms with Gasteiger partial charge in [0.25, 0.3) is 0 Å².